The molecule has 0 saturated carbocycles. The molecule has 1 rings (SSSR count). The SMILES string of the molecule is CC(C)(C)OC(=O)NCC#Cc1c(Cl)cccc1C(=O)O. The number of carboxylic acids is 1. The maximum atomic E-state index is 11.4. The van der Waals surface area contributed by atoms with Crippen LogP contribution >= 0.6 is 11.6 Å². The predicted molar refractivity (Wildman–Crippen MR) is 79.5 cm³/mol. The van der Waals surface area contributed by atoms with Crippen LogP contribution in [0.1, 0.15) is 36.7 Å². The first-order valence-corrected chi connectivity index (χ1v) is 6.56. The summed E-state index contributed by atoms with van der Waals surface area (Å²) in [5, 5.41) is 11.7. The van der Waals surface area contributed by atoms with Gasteiger partial charge in [-0.2, -0.15) is 0 Å². The van der Waals surface area contributed by atoms with Gasteiger partial charge in [-0.15, -0.1) is 0 Å². The van der Waals surface area contributed by atoms with Crippen molar-refractivity contribution in [1.29, 1.82) is 0 Å². The lowest BCUT2D eigenvalue weighted by Gasteiger charge is -2.19. The topological polar surface area (TPSA) is 75.6 Å². The Kier molecular flexibility index (Phi) is 5.62. The number of rotatable bonds is 2. The molecule has 0 aliphatic heterocycles. The Labute approximate surface area is 128 Å². The van der Waals surface area contributed by atoms with E-state index >= 15 is 0 Å². The zero-order valence-electron chi connectivity index (χ0n) is 12.0. The molecule has 1 aromatic rings. The zero-order chi connectivity index (χ0) is 16.0. The van der Waals surface area contributed by atoms with Crippen LogP contribution in [0.25, 0.3) is 0 Å². The monoisotopic (exact) mass is 309 g/mol. The van der Waals surface area contributed by atoms with Gasteiger partial charge >= 0.3 is 12.1 Å². The Bertz CT molecular complexity index is 608. The molecule has 0 aliphatic rings. The van der Waals surface area contributed by atoms with E-state index in [1.54, 1.807) is 26.8 Å². The highest BCUT2D eigenvalue weighted by Gasteiger charge is 2.15. The van der Waals surface area contributed by atoms with Crippen molar-refractivity contribution in [3.05, 3.63) is 34.3 Å². The number of carbonyl (C=O) groups excluding carboxylic acids is 1. The predicted octanol–water partition coefficient (Wildman–Crippen LogP) is 2.91. The second-order valence-corrected chi connectivity index (χ2v) is 5.53. The molecule has 0 bridgehead atoms. The molecule has 0 aliphatic carbocycles. The van der Waals surface area contributed by atoms with E-state index in [-0.39, 0.29) is 22.7 Å². The number of amides is 1. The lowest BCUT2D eigenvalue weighted by molar-refractivity contribution is 0.0534. The van der Waals surface area contributed by atoms with Crippen molar-refractivity contribution in [2.45, 2.75) is 26.4 Å². The lowest BCUT2D eigenvalue weighted by atomic mass is 10.1. The van der Waals surface area contributed by atoms with Gasteiger partial charge in [-0.05, 0) is 32.9 Å². The summed E-state index contributed by atoms with van der Waals surface area (Å²) in [6, 6.07) is 4.51. The van der Waals surface area contributed by atoms with Gasteiger partial charge in [0.1, 0.15) is 5.60 Å². The van der Waals surface area contributed by atoms with Crippen molar-refractivity contribution in [3.63, 3.8) is 0 Å². The van der Waals surface area contributed by atoms with Crippen LogP contribution in [0.4, 0.5) is 4.79 Å². The van der Waals surface area contributed by atoms with Crippen molar-refractivity contribution >= 4 is 23.7 Å². The van der Waals surface area contributed by atoms with E-state index in [2.05, 4.69) is 17.2 Å². The van der Waals surface area contributed by atoms with Crippen LogP contribution in [0.5, 0.6) is 0 Å². The molecule has 0 aromatic heterocycles. The standard InChI is InChI=1S/C15H16ClNO4/c1-15(2,3)21-14(20)17-9-5-7-10-11(13(18)19)6-4-8-12(10)16/h4,6,8H,9H2,1-3H3,(H,17,20)(H,18,19). The number of hydrogen-bond donors (Lipinski definition) is 2. The van der Waals surface area contributed by atoms with Gasteiger partial charge < -0.3 is 15.2 Å². The summed E-state index contributed by atoms with van der Waals surface area (Å²) < 4.78 is 5.04. The summed E-state index contributed by atoms with van der Waals surface area (Å²) in [4.78, 5) is 22.4. The van der Waals surface area contributed by atoms with Crippen molar-refractivity contribution in [2.24, 2.45) is 0 Å². The number of halogens is 1. The van der Waals surface area contributed by atoms with E-state index in [9.17, 15) is 9.59 Å². The van der Waals surface area contributed by atoms with Gasteiger partial charge in [0.2, 0.25) is 0 Å². The highest BCUT2D eigenvalue weighted by atomic mass is 35.5. The average molecular weight is 310 g/mol. The summed E-state index contributed by atoms with van der Waals surface area (Å²) in [5.41, 5.74) is -0.346. The highest BCUT2D eigenvalue weighted by molar-refractivity contribution is 6.32. The van der Waals surface area contributed by atoms with Crippen LogP contribution in [0.2, 0.25) is 5.02 Å². The molecule has 0 radical (unpaired) electrons. The van der Waals surface area contributed by atoms with Gasteiger partial charge in [-0.25, -0.2) is 9.59 Å². The molecule has 1 aromatic carbocycles. The summed E-state index contributed by atoms with van der Waals surface area (Å²) in [6.45, 7) is 5.28. The maximum Gasteiger partial charge on any atom is 0.408 e. The molecular weight excluding hydrogens is 294 g/mol. The molecule has 6 heteroatoms. The van der Waals surface area contributed by atoms with E-state index in [4.69, 9.17) is 21.4 Å². The fourth-order valence-corrected chi connectivity index (χ4v) is 1.61. The number of alkyl carbamates (subject to hydrolysis) is 1. The van der Waals surface area contributed by atoms with E-state index in [0.29, 0.717) is 0 Å². The van der Waals surface area contributed by atoms with Crippen LogP contribution in [0, 0.1) is 11.8 Å². The first-order chi connectivity index (χ1) is 9.70. The van der Waals surface area contributed by atoms with Crippen molar-refractivity contribution < 1.29 is 19.4 Å². The Balaban J connectivity index is 2.72. The third-order valence-electron chi connectivity index (χ3n) is 2.18. The Morgan fingerprint density at radius 3 is 2.62 bits per heavy atom. The number of ether oxygens (including phenoxy) is 1. The van der Waals surface area contributed by atoms with Gasteiger partial charge in [-0.1, -0.05) is 29.5 Å². The van der Waals surface area contributed by atoms with Crippen molar-refractivity contribution in [3.8, 4) is 11.8 Å². The van der Waals surface area contributed by atoms with Crippen LogP contribution in [0.15, 0.2) is 18.2 Å². The summed E-state index contributed by atoms with van der Waals surface area (Å²) in [7, 11) is 0. The van der Waals surface area contributed by atoms with Crippen LogP contribution in [-0.4, -0.2) is 29.3 Å². The van der Waals surface area contributed by atoms with Gasteiger partial charge in [0.25, 0.3) is 0 Å². The smallest absolute Gasteiger partial charge is 0.408 e. The lowest BCUT2D eigenvalue weighted by Crippen LogP contribution is -2.32. The van der Waals surface area contributed by atoms with Gasteiger partial charge in [-0.3, -0.25) is 0 Å². The maximum absolute atomic E-state index is 11.4. The highest BCUT2D eigenvalue weighted by Crippen LogP contribution is 2.18. The number of carbonyl (C=O) groups is 2. The Morgan fingerprint density at radius 1 is 1.38 bits per heavy atom. The van der Waals surface area contributed by atoms with Gasteiger partial charge in [0, 0.05) is 0 Å². The Morgan fingerprint density at radius 2 is 2.05 bits per heavy atom. The summed E-state index contributed by atoms with van der Waals surface area (Å²) >= 11 is 5.92. The summed E-state index contributed by atoms with van der Waals surface area (Å²) in [5.74, 6) is 4.18. The zero-order valence-corrected chi connectivity index (χ0v) is 12.7. The first-order valence-electron chi connectivity index (χ1n) is 6.18. The number of nitrogens with one attached hydrogen (secondary N) is 1. The molecule has 2 N–H and O–H groups in total. The fraction of sp³-hybridized carbons (Fsp3) is 0.333. The molecule has 0 spiro atoms. The number of hydrogen-bond acceptors (Lipinski definition) is 3. The second-order valence-electron chi connectivity index (χ2n) is 5.12. The molecule has 0 atom stereocenters. The van der Waals surface area contributed by atoms with E-state index in [1.807, 2.05) is 0 Å². The molecule has 0 fully saturated rings. The van der Waals surface area contributed by atoms with Gasteiger partial charge in [0.15, 0.2) is 0 Å². The number of aromatic carboxylic acids is 1. The molecule has 0 unspecified atom stereocenters. The fourth-order valence-electron chi connectivity index (χ4n) is 1.39. The van der Waals surface area contributed by atoms with E-state index in [0.717, 1.165) is 0 Å². The second kappa shape index (κ2) is 7.00. The first kappa shape index (κ1) is 16.9. The minimum absolute atomic E-state index is 0.0206. The van der Waals surface area contributed by atoms with Crippen molar-refractivity contribution in [2.75, 3.05) is 6.54 Å². The van der Waals surface area contributed by atoms with Crippen molar-refractivity contribution in [1.82, 2.24) is 5.32 Å². The molecule has 1 amide bonds. The average Bonchev–Trinajstić information content (AvgIpc) is 2.33. The normalized spacial score (nSPS) is 10.3. The minimum Gasteiger partial charge on any atom is -0.478 e. The number of carboxylic acid groups (broad SMARTS) is 1. The molecule has 0 heterocycles. The molecule has 21 heavy (non-hydrogen) atoms. The molecule has 112 valence electrons. The van der Waals surface area contributed by atoms with Gasteiger partial charge in [0.05, 0.1) is 22.7 Å². The molecular formula is C15H16ClNO4. The largest absolute Gasteiger partial charge is 0.478 e. The quantitative estimate of drug-likeness (QED) is 0.824. The van der Waals surface area contributed by atoms with Crippen LogP contribution in [0.3, 0.4) is 0 Å². The number of benzene rings is 1. The Hall–Kier alpha value is -2.19. The third kappa shape index (κ3) is 5.76. The van der Waals surface area contributed by atoms with E-state index in [1.165, 1.54) is 12.1 Å². The minimum atomic E-state index is -1.11. The molecule has 0 saturated heterocycles. The van der Waals surface area contributed by atoms with Crippen LogP contribution < -0.4 is 5.32 Å². The third-order valence-corrected chi connectivity index (χ3v) is 2.49. The van der Waals surface area contributed by atoms with Crippen LogP contribution in [-0.2, 0) is 4.74 Å². The molecule has 5 nitrogen and oxygen atoms in total. The summed E-state index contributed by atoms with van der Waals surface area (Å²) in [6.07, 6.45) is -0.589. The van der Waals surface area contributed by atoms with E-state index < -0.39 is 17.7 Å².